The third kappa shape index (κ3) is 2.48. The van der Waals surface area contributed by atoms with E-state index in [-0.39, 0.29) is 18.8 Å². The van der Waals surface area contributed by atoms with Crippen LogP contribution in [0, 0.1) is 11.3 Å². The van der Waals surface area contributed by atoms with Crippen LogP contribution in [-0.4, -0.2) is 37.3 Å². The van der Waals surface area contributed by atoms with E-state index in [0.717, 1.165) is 0 Å². The number of nitriles is 1. The largest absolute Gasteiger partial charge is 0.488 e. The molecule has 1 unspecified atom stereocenters. The Balaban J connectivity index is 1.95. The lowest BCUT2D eigenvalue weighted by Crippen LogP contribution is -2.23. The highest BCUT2D eigenvalue weighted by atomic mass is 16.6. The Hall–Kier alpha value is -2.22. The lowest BCUT2D eigenvalue weighted by atomic mass is 10.2. The van der Waals surface area contributed by atoms with Crippen LogP contribution in [0.15, 0.2) is 24.3 Å². The van der Waals surface area contributed by atoms with Crippen molar-refractivity contribution in [1.29, 1.82) is 5.26 Å². The summed E-state index contributed by atoms with van der Waals surface area (Å²) in [6.45, 7) is 0.766. The number of likely N-dealkylation sites (N-methyl/N-ethyl adjacent to an activating group) is 1. The second-order valence-corrected chi connectivity index (χ2v) is 3.81. The number of benzene rings is 1. The van der Waals surface area contributed by atoms with Crippen LogP contribution in [0.2, 0.25) is 0 Å². The number of ether oxygens (including phenoxy) is 2. The van der Waals surface area contributed by atoms with Gasteiger partial charge in [0.1, 0.15) is 18.4 Å². The molecule has 0 N–H and O–H groups in total. The van der Waals surface area contributed by atoms with Crippen LogP contribution < -0.4 is 4.74 Å². The minimum Gasteiger partial charge on any atom is -0.488 e. The van der Waals surface area contributed by atoms with Crippen molar-refractivity contribution in [3.8, 4) is 11.8 Å². The fourth-order valence-corrected chi connectivity index (χ4v) is 1.60. The SMILES string of the molecule is CN1CC(COc2ccccc2C#N)OC1=O. The van der Waals surface area contributed by atoms with Crippen LogP contribution in [-0.2, 0) is 4.74 Å². The lowest BCUT2D eigenvalue weighted by Gasteiger charge is -2.11. The van der Waals surface area contributed by atoms with Gasteiger partial charge in [0.05, 0.1) is 12.1 Å². The van der Waals surface area contributed by atoms with Gasteiger partial charge in [-0.15, -0.1) is 0 Å². The molecule has 1 aromatic rings. The number of nitrogens with zero attached hydrogens (tertiary/aromatic N) is 2. The fourth-order valence-electron chi connectivity index (χ4n) is 1.60. The molecule has 2 rings (SSSR count). The van der Waals surface area contributed by atoms with Crippen LogP contribution in [0.25, 0.3) is 0 Å². The van der Waals surface area contributed by atoms with E-state index in [0.29, 0.717) is 17.9 Å². The highest BCUT2D eigenvalue weighted by Crippen LogP contribution is 2.18. The van der Waals surface area contributed by atoms with E-state index >= 15 is 0 Å². The van der Waals surface area contributed by atoms with Gasteiger partial charge in [-0.1, -0.05) is 12.1 Å². The number of rotatable bonds is 3. The second kappa shape index (κ2) is 4.74. The quantitative estimate of drug-likeness (QED) is 0.790. The molecule has 5 nitrogen and oxygen atoms in total. The zero-order valence-corrected chi connectivity index (χ0v) is 9.42. The third-order valence-electron chi connectivity index (χ3n) is 2.49. The Morgan fingerprint density at radius 1 is 1.59 bits per heavy atom. The Morgan fingerprint density at radius 2 is 2.35 bits per heavy atom. The normalized spacial score (nSPS) is 18.7. The fraction of sp³-hybridized carbons (Fsp3) is 0.333. The maximum atomic E-state index is 11.1. The molecule has 17 heavy (non-hydrogen) atoms. The van der Waals surface area contributed by atoms with Gasteiger partial charge < -0.3 is 14.4 Å². The molecule has 0 spiro atoms. The second-order valence-electron chi connectivity index (χ2n) is 3.81. The van der Waals surface area contributed by atoms with Crippen molar-refractivity contribution in [2.75, 3.05) is 20.2 Å². The minimum absolute atomic E-state index is 0.259. The molecule has 5 heteroatoms. The van der Waals surface area contributed by atoms with Gasteiger partial charge in [0, 0.05) is 7.05 Å². The third-order valence-corrected chi connectivity index (χ3v) is 2.49. The first kappa shape index (κ1) is 11.3. The predicted molar refractivity (Wildman–Crippen MR) is 59.6 cm³/mol. The number of carbonyl (C=O) groups is 1. The monoisotopic (exact) mass is 232 g/mol. The molecule has 0 bridgehead atoms. The van der Waals surface area contributed by atoms with Gasteiger partial charge in [-0.2, -0.15) is 5.26 Å². The van der Waals surface area contributed by atoms with Crippen molar-refractivity contribution in [3.05, 3.63) is 29.8 Å². The van der Waals surface area contributed by atoms with E-state index in [1.54, 1.807) is 31.3 Å². The van der Waals surface area contributed by atoms with E-state index in [2.05, 4.69) is 0 Å². The van der Waals surface area contributed by atoms with Gasteiger partial charge in [0.15, 0.2) is 6.10 Å². The maximum Gasteiger partial charge on any atom is 0.410 e. The summed E-state index contributed by atoms with van der Waals surface area (Å²) in [6, 6.07) is 9.02. The molecule has 1 aliphatic rings. The first-order chi connectivity index (χ1) is 8.20. The average molecular weight is 232 g/mol. The van der Waals surface area contributed by atoms with E-state index < -0.39 is 0 Å². The van der Waals surface area contributed by atoms with Gasteiger partial charge in [0.2, 0.25) is 0 Å². The number of hydrogen-bond donors (Lipinski definition) is 0. The average Bonchev–Trinajstić information content (AvgIpc) is 2.66. The molecule has 0 aromatic heterocycles. The summed E-state index contributed by atoms with van der Waals surface area (Å²) in [5, 5.41) is 8.87. The number of cyclic esters (lactones) is 1. The standard InChI is InChI=1S/C12H12N2O3/c1-14-7-10(17-12(14)15)8-16-11-5-3-2-4-9(11)6-13/h2-5,10H,7-8H2,1H3. The van der Waals surface area contributed by atoms with Gasteiger partial charge in [-0.05, 0) is 12.1 Å². The first-order valence-electron chi connectivity index (χ1n) is 5.24. The summed E-state index contributed by atoms with van der Waals surface area (Å²) in [7, 11) is 1.67. The molecule has 1 heterocycles. The van der Waals surface area contributed by atoms with Gasteiger partial charge in [-0.25, -0.2) is 4.79 Å². The molecule has 1 fully saturated rings. The lowest BCUT2D eigenvalue weighted by molar-refractivity contribution is 0.103. The molecule has 88 valence electrons. The number of carbonyl (C=O) groups excluding carboxylic acids is 1. The van der Waals surface area contributed by atoms with Crippen LogP contribution in [0.5, 0.6) is 5.75 Å². The van der Waals surface area contributed by atoms with Crippen LogP contribution in [0.1, 0.15) is 5.56 Å². The molecule has 0 radical (unpaired) electrons. The smallest absolute Gasteiger partial charge is 0.410 e. The van der Waals surface area contributed by atoms with Crippen LogP contribution in [0.3, 0.4) is 0 Å². The van der Waals surface area contributed by atoms with E-state index in [9.17, 15) is 4.79 Å². The molecule has 0 saturated carbocycles. The molecule has 1 atom stereocenters. The van der Waals surface area contributed by atoms with Gasteiger partial charge in [-0.3, -0.25) is 0 Å². The topological polar surface area (TPSA) is 62.6 Å². The summed E-state index contributed by atoms with van der Waals surface area (Å²) >= 11 is 0. The molecular weight excluding hydrogens is 220 g/mol. The predicted octanol–water partition coefficient (Wildman–Crippen LogP) is 1.39. The van der Waals surface area contributed by atoms with Crippen molar-refractivity contribution < 1.29 is 14.3 Å². The van der Waals surface area contributed by atoms with Crippen LogP contribution >= 0.6 is 0 Å². The van der Waals surface area contributed by atoms with Gasteiger partial charge >= 0.3 is 6.09 Å². The van der Waals surface area contributed by atoms with E-state index in [1.165, 1.54) is 4.90 Å². The van der Waals surface area contributed by atoms with E-state index in [4.69, 9.17) is 14.7 Å². The minimum atomic E-state index is -0.341. The molecular formula is C12H12N2O3. The molecule has 1 saturated heterocycles. The summed E-state index contributed by atoms with van der Waals surface area (Å²) in [4.78, 5) is 12.6. The maximum absolute atomic E-state index is 11.1. The molecule has 0 aliphatic carbocycles. The Kier molecular flexibility index (Phi) is 3.15. The van der Waals surface area contributed by atoms with Crippen molar-refractivity contribution in [3.63, 3.8) is 0 Å². The van der Waals surface area contributed by atoms with Crippen LogP contribution in [0.4, 0.5) is 4.79 Å². The van der Waals surface area contributed by atoms with Gasteiger partial charge in [0.25, 0.3) is 0 Å². The zero-order chi connectivity index (χ0) is 12.3. The zero-order valence-electron chi connectivity index (χ0n) is 9.42. The van der Waals surface area contributed by atoms with Crippen molar-refractivity contribution in [1.82, 2.24) is 4.90 Å². The molecule has 1 aliphatic heterocycles. The Labute approximate surface area is 99.2 Å². The Morgan fingerprint density at radius 3 is 3.00 bits per heavy atom. The molecule has 1 aromatic carbocycles. The number of amides is 1. The number of hydrogen-bond acceptors (Lipinski definition) is 4. The highest BCUT2D eigenvalue weighted by Gasteiger charge is 2.28. The summed E-state index contributed by atoms with van der Waals surface area (Å²) in [6.07, 6.45) is -0.619. The van der Waals surface area contributed by atoms with E-state index in [1.807, 2.05) is 6.07 Å². The first-order valence-corrected chi connectivity index (χ1v) is 5.24. The number of para-hydroxylation sites is 1. The van der Waals surface area contributed by atoms with Crippen molar-refractivity contribution in [2.45, 2.75) is 6.10 Å². The highest BCUT2D eigenvalue weighted by molar-refractivity contribution is 5.69. The van der Waals surface area contributed by atoms with Crippen molar-refractivity contribution in [2.24, 2.45) is 0 Å². The Bertz CT molecular complexity index is 467. The summed E-state index contributed by atoms with van der Waals surface area (Å²) < 4.78 is 10.5. The summed E-state index contributed by atoms with van der Waals surface area (Å²) in [5.74, 6) is 0.514. The molecule has 1 amide bonds. The van der Waals surface area contributed by atoms with Crippen molar-refractivity contribution >= 4 is 6.09 Å². The summed E-state index contributed by atoms with van der Waals surface area (Å²) in [5.41, 5.74) is 0.477.